The quantitative estimate of drug-likeness (QED) is 0.627. The van der Waals surface area contributed by atoms with E-state index in [4.69, 9.17) is 11.6 Å². The Morgan fingerprint density at radius 1 is 1.55 bits per heavy atom. The largest absolute Gasteiger partial charge is 0.382 e. The Balaban J connectivity index is 2.43. The highest BCUT2D eigenvalue weighted by Gasteiger charge is 2.15. The van der Waals surface area contributed by atoms with Gasteiger partial charge in [0.2, 0.25) is 0 Å². The fourth-order valence-electron chi connectivity index (χ4n) is 1.52. The number of benzene rings is 1. The van der Waals surface area contributed by atoms with E-state index in [1.54, 1.807) is 0 Å². The number of nitrogens with one attached hydrogen (secondary N) is 1. The highest BCUT2D eigenvalue weighted by molar-refractivity contribution is 6.30. The van der Waals surface area contributed by atoms with Crippen molar-refractivity contribution in [3.63, 3.8) is 0 Å². The van der Waals surface area contributed by atoms with E-state index in [0.717, 1.165) is 11.4 Å². The molecule has 1 aromatic carbocycles. The average Bonchev–Trinajstić information content (AvgIpc) is 2.27. The van der Waals surface area contributed by atoms with E-state index in [-0.39, 0.29) is 0 Å². The van der Waals surface area contributed by atoms with Crippen molar-refractivity contribution in [2.75, 3.05) is 5.32 Å². The van der Waals surface area contributed by atoms with Crippen LogP contribution in [-0.2, 0) is 6.42 Å². The summed E-state index contributed by atoms with van der Waals surface area (Å²) in [7, 11) is 0. The van der Waals surface area contributed by atoms with Gasteiger partial charge in [0, 0.05) is 16.8 Å². The van der Waals surface area contributed by atoms with Crippen molar-refractivity contribution >= 4 is 17.3 Å². The lowest BCUT2D eigenvalue weighted by atomic mass is 10.1. The second-order valence-electron chi connectivity index (χ2n) is 3.05. The van der Waals surface area contributed by atoms with E-state index in [1.165, 1.54) is 11.3 Å². The van der Waals surface area contributed by atoms with Crippen LogP contribution in [0.4, 0.5) is 5.69 Å². The zero-order valence-corrected chi connectivity index (χ0v) is 7.15. The molecule has 2 heteroatoms. The molecule has 0 radical (unpaired) electrons. The number of fused-ring (bicyclic) bond motifs is 1. The standard InChI is InChI=1S/C9H10ClN/c1-6-4-7-5-8(10)2-3-9(7)11-6/h2-3,5-6,11H,4H2,1H3/t6-/m0/s1. The van der Waals surface area contributed by atoms with E-state index in [9.17, 15) is 0 Å². The SMILES string of the molecule is C[C@H]1Cc2cc(Cl)ccc2N1. The van der Waals surface area contributed by atoms with Crippen molar-refractivity contribution in [3.8, 4) is 0 Å². The molecule has 0 unspecified atom stereocenters. The van der Waals surface area contributed by atoms with Gasteiger partial charge in [0.05, 0.1) is 0 Å². The predicted octanol–water partition coefficient (Wildman–Crippen LogP) is 2.70. The third kappa shape index (κ3) is 1.21. The highest BCUT2D eigenvalue weighted by atomic mass is 35.5. The number of rotatable bonds is 0. The molecule has 0 aromatic heterocycles. The summed E-state index contributed by atoms with van der Waals surface area (Å²) >= 11 is 5.84. The van der Waals surface area contributed by atoms with Crippen molar-refractivity contribution in [1.29, 1.82) is 0 Å². The second-order valence-corrected chi connectivity index (χ2v) is 3.49. The Kier molecular flexibility index (Phi) is 1.53. The minimum Gasteiger partial charge on any atom is -0.382 e. The fourth-order valence-corrected chi connectivity index (χ4v) is 1.71. The van der Waals surface area contributed by atoms with Gasteiger partial charge in [0.1, 0.15) is 0 Å². The van der Waals surface area contributed by atoms with Crippen LogP contribution in [0.5, 0.6) is 0 Å². The summed E-state index contributed by atoms with van der Waals surface area (Å²) in [5, 5.41) is 4.20. The molecule has 1 aromatic rings. The van der Waals surface area contributed by atoms with Gasteiger partial charge in [-0.2, -0.15) is 0 Å². The van der Waals surface area contributed by atoms with E-state index in [1.807, 2.05) is 18.2 Å². The number of anilines is 1. The Hall–Kier alpha value is -0.690. The highest BCUT2D eigenvalue weighted by Crippen LogP contribution is 2.27. The maximum Gasteiger partial charge on any atom is 0.0410 e. The molecule has 1 atom stereocenters. The van der Waals surface area contributed by atoms with Crippen molar-refractivity contribution in [2.45, 2.75) is 19.4 Å². The van der Waals surface area contributed by atoms with Gasteiger partial charge < -0.3 is 5.32 Å². The summed E-state index contributed by atoms with van der Waals surface area (Å²) in [6.45, 7) is 2.17. The van der Waals surface area contributed by atoms with Crippen molar-refractivity contribution in [1.82, 2.24) is 0 Å². The van der Waals surface area contributed by atoms with Crippen LogP contribution in [0.2, 0.25) is 5.02 Å². The van der Waals surface area contributed by atoms with Crippen LogP contribution < -0.4 is 5.32 Å². The van der Waals surface area contributed by atoms with Crippen molar-refractivity contribution < 1.29 is 0 Å². The van der Waals surface area contributed by atoms with Gasteiger partial charge in [-0.15, -0.1) is 0 Å². The zero-order chi connectivity index (χ0) is 7.84. The van der Waals surface area contributed by atoms with Crippen LogP contribution in [-0.4, -0.2) is 6.04 Å². The third-order valence-corrected chi connectivity index (χ3v) is 2.23. The molecule has 0 bridgehead atoms. The molecule has 1 heterocycles. The number of hydrogen-bond donors (Lipinski definition) is 1. The first-order valence-electron chi connectivity index (χ1n) is 3.80. The predicted molar refractivity (Wildman–Crippen MR) is 48.2 cm³/mol. The summed E-state index contributed by atoms with van der Waals surface area (Å²) in [5.74, 6) is 0. The normalized spacial score (nSPS) is 21.1. The maximum absolute atomic E-state index is 5.84. The molecule has 0 spiro atoms. The van der Waals surface area contributed by atoms with Gasteiger partial charge in [-0.25, -0.2) is 0 Å². The van der Waals surface area contributed by atoms with Gasteiger partial charge in [-0.1, -0.05) is 11.6 Å². The molecule has 1 aliphatic heterocycles. The molecule has 0 saturated heterocycles. The Morgan fingerprint density at radius 2 is 2.36 bits per heavy atom. The van der Waals surface area contributed by atoms with Crippen LogP contribution in [0.3, 0.4) is 0 Å². The topological polar surface area (TPSA) is 12.0 Å². The summed E-state index contributed by atoms with van der Waals surface area (Å²) in [4.78, 5) is 0. The summed E-state index contributed by atoms with van der Waals surface area (Å²) in [5.41, 5.74) is 2.58. The van der Waals surface area contributed by atoms with Crippen LogP contribution >= 0.6 is 11.6 Å². The first-order valence-corrected chi connectivity index (χ1v) is 4.18. The monoisotopic (exact) mass is 167 g/mol. The lowest BCUT2D eigenvalue weighted by Gasteiger charge is -2.00. The third-order valence-electron chi connectivity index (χ3n) is 2.00. The number of hydrogen-bond acceptors (Lipinski definition) is 1. The molecular formula is C9H10ClN. The van der Waals surface area contributed by atoms with Gasteiger partial charge in [-0.05, 0) is 37.1 Å². The minimum absolute atomic E-state index is 0.559. The second kappa shape index (κ2) is 2.42. The van der Waals surface area contributed by atoms with Crippen LogP contribution in [0.25, 0.3) is 0 Å². The van der Waals surface area contributed by atoms with E-state index < -0.39 is 0 Å². The smallest absolute Gasteiger partial charge is 0.0410 e. The van der Waals surface area contributed by atoms with Gasteiger partial charge in [0.25, 0.3) is 0 Å². The molecule has 0 amide bonds. The zero-order valence-electron chi connectivity index (χ0n) is 6.39. The van der Waals surface area contributed by atoms with E-state index >= 15 is 0 Å². The fraction of sp³-hybridized carbons (Fsp3) is 0.333. The summed E-state index contributed by atoms with van der Waals surface area (Å²) in [6.07, 6.45) is 1.09. The van der Waals surface area contributed by atoms with Crippen LogP contribution in [0.15, 0.2) is 18.2 Å². The van der Waals surface area contributed by atoms with Crippen LogP contribution in [0.1, 0.15) is 12.5 Å². The molecule has 11 heavy (non-hydrogen) atoms. The molecule has 0 saturated carbocycles. The van der Waals surface area contributed by atoms with Gasteiger partial charge >= 0.3 is 0 Å². The molecule has 1 aliphatic rings. The maximum atomic E-state index is 5.84. The molecular weight excluding hydrogens is 158 g/mol. The van der Waals surface area contributed by atoms with E-state index in [0.29, 0.717) is 6.04 Å². The van der Waals surface area contributed by atoms with Crippen molar-refractivity contribution in [2.24, 2.45) is 0 Å². The molecule has 0 aliphatic carbocycles. The van der Waals surface area contributed by atoms with Gasteiger partial charge in [0.15, 0.2) is 0 Å². The Morgan fingerprint density at radius 3 is 3.18 bits per heavy atom. The Bertz CT molecular complexity index is 283. The summed E-state index contributed by atoms with van der Waals surface area (Å²) < 4.78 is 0. The first-order chi connectivity index (χ1) is 5.25. The Labute approximate surface area is 71.4 Å². The molecule has 0 fully saturated rings. The van der Waals surface area contributed by atoms with Gasteiger partial charge in [-0.3, -0.25) is 0 Å². The lowest BCUT2D eigenvalue weighted by molar-refractivity contribution is 0.839. The van der Waals surface area contributed by atoms with Crippen molar-refractivity contribution in [3.05, 3.63) is 28.8 Å². The van der Waals surface area contributed by atoms with Crippen LogP contribution in [0, 0.1) is 0 Å². The molecule has 2 rings (SSSR count). The average molecular weight is 168 g/mol. The molecule has 1 N–H and O–H groups in total. The molecule has 1 nitrogen and oxygen atoms in total. The van der Waals surface area contributed by atoms with E-state index in [2.05, 4.69) is 12.2 Å². The molecule has 58 valence electrons. The first kappa shape index (κ1) is 6.99. The number of halogens is 1. The minimum atomic E-state index is 0.559. The lowest BCUT2D eigenvalue weighted by Crippen LogP contribution is -2.08. The summed E-state index contributed by atoms with van der Waals surface area (Å²) in [6, 6.07) is 6.56.